The molecule has 4 heteroatoms. The van der Waals surface area contributed by atoms with Crippen molar-refractivity contribution < 1.29 is 14.3 Å². The molecule has 0 unspecified atom stereocenters. The molecule has 0 fully saturated rings. The summed E-state index contributed by atoms with van der Waals surface area (Å²) in [7, 11) is 0. The van der Waals surface area contributed by atoms with Crippen molar-refractivity contribution in [3.63, 3.8) is 0 Å². The predicted molar refractivity (Wildman–Crippen MR) is 76.6 cm³/mol. The fourth-order valence-corrected chi connectivity index (χ4v) is 2.06. The van der Waals surface area contributed by atoms with Crippen LogP contribution in [0.4, 0.5) is 10.1 Å². The van der Waals surface area contributed by atoms with Crippen molar-refractivity contribution >= 4 is 11.6 Å². The van der Waals surface area contributed by atoms with Crippen LogP contribution in [0.25, 0.3) is 0 Å². The van der Waals surface area contributed by atoms with Gasteiger partial charge < -0.3 is 10.0 Å². The third-order valence-corrected chi connectivity index (χ3v) is 3.06. The average Bonchev–Trinajstić information content (AvgIpc) is 2.42. The molecule has 2 rings (SSSR count). The second-order valence-electron chi connectivity index (χ2n) is 4.55. The Balaban J connectivity index is 2.41. The number of aromatic hydroxyl groups is 1. The SMILES string of the molecule is CCN(C(=O)c1cc(F)ccc1O)c1cccc(C)c1. The Morgan fingerprint density at radius 3 is 2.65 bits per heavy atom. The summed E-state index contributed by atoms with van der Waals surface area (Å²) in [6.45, 7) is 4.19. The number of carbonyl (C=O) groups excluding carboxylic acids is 1. The first-order valence-corrected chi connectivity index (χ1v) is 6.40. The zero-order valence-corrected chi connectivity index (χ0v) is 11.4. The first-order valence-electron chi connectivity index (χ1n) is 6.40. The molecule has 1 amide bonds. The van der Waals surface area contributed by atoms with Gasteiger partial charge in [0.25, 0.3) is 5.91 Å². The zero-order valence-electron chi connectivity index (χ0n) is 11.4. The highest BCUT2D eigenvalue weighted by Gasteiger charge is 2.19. The number of phenolic OH excluding ortho intramolecular Hbond substituents is 1. The number of phenols is 1. The molecule has 0 spiro atoms. The van der Waals surface area contributed by atoms with Crippen molar-refractivity contribution in [3.8, 4) is 5.75 Å². The van der Waals surface area contributed by atoms with E-state index in [2.05, 4.69) is 0 Å². The molecule has 0 atom stereocenters. The van der Waals surface area contributed by atoms with E-state index in [4.69, 9.17) is 0 Å². The fraction of sp³-hybridized carbons (Fsp3) is 0.188. The van der Waals surface area contributed by atoms with Gasteiger partial charge in [0.05, 0.1) is 5.56 Å². The summed E-state index contributed by atoms with van der Waals surface area (Å²) in [6.07, 6.45) is 0. The molecule has 20 heavy (non-hydrogen) atoms. The molecule has 0 heterocycles. The molecular weight excluding hydrogens is 257 g/mol. The molecule has 0 saturated carbocycles. The van der Waals surface area contributed by atoms with Crippen molar-refractivity contribution in [2.75, 3.05) is 11.4 Å². The molecule has 1 N–H and O–H groups in total. The lowest BCUT2D eigenvalue weighted by atomic mass is 10.1. The van der Waals surface area contributed by atoms with E-state index in [1.165, 1.54) is 11.0 Å². The maximum absolute atomic E-state index is 13.3. The number of amides is 1. The van der Waals surface area contributed by atoms with Gasteiger partial charge >= 0.3 is 0 Å². The minimum Gasteiger partial charge on any atom is -0.507 e. The average molecular weight is 273 g/mol. The first-order chi connectivity index (χ1) is 9.52. The molecule has 104 valence electrons. The van der Waals surface area contributed by atoms with Gasteiger partial charge in [0, 0.05) is 12.2 Å². The van der Waals surface area contributed by atoms with Gasteiger partial charge in [-0.15, -0.1) is 0 Å². The predicted octanol–water partition coefficient (Wildman–Crippen LogP) is 3.51. The van der Waals surface area contributed by atoms with E-state index in [1.54, 1.807) is 0 Å². The van der Waals surface area contributed by atoms with E-state index >= 15 is 0 Å². The number of rotatable bonds is 3. The third-order valence-electron chi connectivity index (χ3n) is 3.06. The maximum atomic E-state index is 13.3. The number of halogens is 1. The van der Waals surface area contributed by atoms with E-state index in [1.807, 2.05) is 38.1 Å². The summed E-state index contributed by atoms with van der Waals surface area (Å²) in [5.74, 6) is -1.19. The Morgan fingerprint density at radius 1 is 1.25 bits per heavy atom. The third kappa shape index (κ3) is 2.79. The molecule has 2 aromatic carbocycles. The van der Waals surface area contributed by atoms with E-state index in [-0.39, 0.29) is 11.3 Å². The van der Waals surface area contributed by atoms with Crippen LogP contribution in [0.1, 0.15) is 22.8 Å². The number of carbonyl (C=O) groups is 1. The highest BCUT2D eigenvalue weighted by atomic mass is 19.1. The Hall–Kier alpha value is -2.36. The Bertz CT molecular complexity index is 640. The van der Waals surface area contributed by atoms with Crippen LogP contribution in [0.3, 0.4) is 0 Å². The van der Waals surface area contributed by atoms with Crippen molar-refractivity contribution in [2.45, 2.75) is 13.8 Å². The second kappa shape index (κ2) is 5.74. The Morgan fingerprint density at radius 2 is 2.00 bits per heavy atom. The topological polar surface area (TPSA) is 40.5 Å². The number of aryl methyl sites for hydroxylation is 1. The lowest BCUT2D eigenvalue weighted by Crippen LogP contribution is -2.30. The van der Waals surface area contributed by atoms with Crippen molar-refractivity contribution in [1.29, 1.82) is 0 Å². The van der Waals surface area contributed by atoms with E-state index in [0.29, 0.717) is 6.54 Å². The molecule has 0 radical (unpaired) electrons. The lowest BCUT2D eigenvalue weighted by Gasteiger charge is -2.22. The first kappa shape index (κ1) is 14.1. The molecule has 0 bridgehead atoms. The number of nitrogens with zero attached hydrogens (tertiary/aromatic N) is 1. The normalized spacial score (nSPS) is 10.3. The summed E-state index contributed by atoms with van der Waals surface area (Å²) in [5.41, 5.74) is 1.71. The van der Waals surface area contributed by atoms with Crippen molar-refractivity contribution in [2.24, 2.45) is 0 Å². The quantitative estimate of drug-likeness (QED) is 0.929. The van der Waals surface area contributed by atoms with Crippen LogP contribution in [0.5, 0.6) is 5.75 Å². The van der Waals surface area contributed by atoms with Crippen LogP contribution in [0.2, 0.25) is 0 Å². The second-order valence-corrected chi connectivity index (χ2v) is 4.55. The van der Waals surface area contributed by atoms with Crippen LogP contribution in [0.15, 0.2) is 42.5 Å². The van der Waals surface area contributed by atoms with Gasteiger partial charge in [-0.3, -0.25) is 4.79 Å². The summed E-state index contributed by atoms with van der Waals surface area (Å²) in [4.78, 5) is 14.0. The van der Waals surface area contributed by atoms with Gasteiger partial charge in [0.15, 0.2) is 0 Å². The number of anilines is 1. The van der Waals surface area contributed by atoms with Crippen LogP contribution in [-0.4, -0.2) is 17.6 Å². The molecule has 0 aromatic heterocycles. The Labute approximate surface area is 117 Å². The van der Waals surface area contributed by atoms with Gasteiger partial charge in [-0.2, -0.15) is 0 Å². The zero-order chi connectivity index (χ0) is 14.7. The van der Waals surface area contributed by atoms with Crippen LogP contribution >= 0.6 is 0 Å². The van der Waals surface area contributed by atoms with Gasteiger partial charge in [-0.25, -0.2) is 4.39 Å². The van der Waals surface area contributed by atoms with E-state index in [0.717, 1.165) is 23.4 Å². The monoisotopic (exact) mass is 273 g/mol. The Kier molecular flexibility index (Phi) is 4.03. The number of hydrogen-bond donors (Lipinski definition) is 1. The molecule has 3 nitrogen and oxygen atoms in total. The van der Waals surface area contributed by atoms with Crippen LogP contribution in [-0.2, 0) is 0 Å². The van der Waals surface area contributed by atoms with E-state index in [9.17, 15) is 14.3 Å². The van der Waals surface area contributed by atoms with Crippen molar-refractivity contribution in [3.05, 3.63) is 59.4 Å². The van der Waals surface area contributed by atoms with Gasteiger partial charge in [0.1, 0.15) is 11.6 Å². The lowest BCUT2D eigenvalue weighted by molar-refractivity contribution is 0.0985. The van der Waals surface area contributed by atoms with Crippen LogP contribution in [0, 0.1) is 12.7 Å². The molecule has 2 aromatic rings. The molecule has 0 aliphatic rings. The number of hydrogen-bond acceptors (Lipinski definition) is 2. The van der Waals surface area contributed by atoms with Gasteiger partial charge in [-0.1, -0.05) is 12.1 Å². The highest BCUT2D eigenvalue weighted by molar-refractivity contribution is 6.07. The molecule has 0 saturated heterocycles. The largest absolute Gasteiger partial charge is 0.507 e. The van der Waals surface area contributed by atoms with Gasteiger partial charge in [-0.05, 0) is 49.7 Å². The summed E-state index contributed by atoms with van der Waals surface area (Å²) < 4.78 is 13.3. The minimum absolute atomic E-state index is 0.0339. The summed E-state index contributed by atoms with van der Waals surface area (Å²) in [5, 5.41) is 9.74. The van der Waals surface area contributed by atoms with E-state index < -0.39 is 11.7 Å². The standard InChI is InChI=1S/C16H16FNO2/c1-3-18(13-6-4-5-11(2)9-13)16(20)14-10-12(17)7-8-15(14)19/h4-10,19H,3H2,1-2H3. The molecular formula is C16H16FNO2. The molecule has 0 aliphatic heterocycles. The van der Waals surface area contributed by atoms with Crippen molar-refractivity contribution in [1.82, 2.24) is 0 Å². The summed E-state index contributed by atoms with van der Waals surface area (Å²) >= 11 is 0. The summed E-state index contributed by atoms with van der Waals surface area (Å²) in [6, 6.07) is 10.8. The molecule has 0 aliphatic carbocycles. The van der Waals surface area contributed by atoms with Gasteiger partial charge in [0.2, 0.25) is 0 Å². The smallest absolute Gasteiger partial charge is 0.262 e. The number of benzene rings is 2. The fourth-order valence-electron chi connectivity index (χ4n) is 2.06. The van der Waals surface area contributed by atoms with Crippen LogP contribution < -0.4 is 4.90 Å². The maximum Gasteiger partial charge on any atom is 0.262 e. The minimum atomic E-state index is -0.550. The highest BCUT2D eigenvalue weighted by Crippen LogP contribution is 2.23.